The molecule has 2 aromatic rings. The summed E-state index contributed by atoms with van der Waals surface area (Å²) in [6, 6.07) is 4.62. The van der Waals surface area contributed by atoms with E-state index in [1.807, 2.05) is 18.5 Å². The minimum Gasteiger partial charge on any atom is -0.326 e. The van der Waals surface area contributed by atoms with Gasteiger partial charge in [0.05, 0.1) is 17.7 Å². The molecule has 4 nitrogen and oxygen atoms in total. The number of aryl methyl sites for hydroxylation is 1. The van der Waals surface area contributed by atoms with Crippen molar-refractivity contribution in [2.45, 2.75) is 46.8 Å². The van der Waals surface area contributed by atoms with Gasteiger partial charge in [0.15, 0.2) is 0 Å². The average Bonchev–Trinajstić information content (AvgIpc) is 2.73. The number of rotatable bonds is 5. The molecule has 0 fully saturated rings. The highest BCUT2D eigenvalue weighted by atomic mass is 19.4. The van der Waals surface area contributed by atoms with Gasteiger partial charge in [0.25, 0.3) is 0 Å². The summed E-state index contributed by atoms with van der Waals surface area (Å²) < 4.78 is 40.1. The Kier molecular flexibility index (Phi) is 5.55. The van der Waals surface area contributed by atoms with Crippen molar-refractivity contribution in [3.63, 3.8) is 0 Å². The molecule has 1 amide bonds. The number of hydrogen-bond donors (Lipinski definition) is 1. The Labute approximate surface area is 145 Å². The molecule has 1 aromatic heterocycles. The third-order valence-electron chi connectivity index (χ3n) is 3.88. The third-order valence-corrected chi connectivity index (χ3v) is 3.88. The number of anilines is 1. The lowest BCUT2D eigenvalue weighted by Crippen LogP contribution is -2.16. The van der Waals surface area contributed by atoms with Gasteiger partial charge in [-0.2, -0.15) is 18.3 Å². The Hall–Kier alpha value is -2.31. The van der Waals surface area contributed by atoms with Crippen LogP contribution in [0.25, 0.3) is 0 Å². The Balaban J connectivity index is 2.12. The first kappa shape index (κ1) is 19.0. The van der Waals surface area contributed by atoms with E-state index in [1.54, 1.807) is 0 Å². The van der Waals surface area contributed by atoms with E-state index in [4.69, 9.17) is 0 Å². The Bertz CT molecular complexity index is 763. The fourth-order valence-corrected chi connectivity index (χ4v) is 2.65. The summed E-state index contributed by atoms with van der Waals surface area (Å²) in [5.74, 6) is 0.0550. The number of halogens is 3. The van der Waals surface area contributed by atoms with Crippen LogP contribution in [-0.2, 0) is 23.9 Å². The highest BCUT2D eigenvalue weighted by Crippen LogP contribution is 2.30. The normalized spacial score (nSPS) is 11.8. The molecule has 2 rings (SSSR count). The van der Waals surface area contributed by atoms with Crippen LogP contribution in [0, 0.1) is 19.8 Å². The van der Waals surface area contributed by atoms with Crippen molar-refractivity contribution < 1.29 is 18.0 Å². The molecule has 7 heteroatoms. The van der Waals surface area contributed by atoms with Crippen LogP contribution in [0.4, 0.5) is 18.9 Å². The molecular weight excluding hydrogens is 331 g/mol. The number of nitrogens with zero attached hydrogens (tertiary/aromatic N) is 2. The van der Waals surface area contributed by atoms with Crippen molar-refractivity contribution in [3.05, 3.63) is 46.8 Å². The number of aromatic nitrogens is 2. The summed E-state index contributed by atoms with van der Waals surface area (Å²) in [6.07, 6.45) is -4.36. The van der Waals surface area contributed by atoms with Gasteiger partial charge in [0.1, 0.15) is 0 Å². The van der Waals surface area contributed by atoms with Crippen LogP contribution < -0.4 is 5.32 Å². The summed E-state index contributed by atoms with van der Waals surface area (Å²) in [4.78, 5) is 12.2. The first-order valence-corrected chi connectivity index (χ1v) is 8.08. The molecule has 0 bridgehead atoms. The van der Waals surface area contributed by atoms with Crippen LogP contribution in [0.1, 0.15) is 36.4 Å². The number of nitrogens with one attached hydrogen (secondary N) is 1. The number of carbonyl (C=O) groups excluding carboxylic acids is 1. The van der Waals surface area contributed by atoms with Crippen LogP contribution in [0.3, 0.4) is 0 Å². The quantitative estimate of drug-likeness (QED) is 0.868. The molecule has 0 saturated carbocycles. The van der Waals surface area contributed by atoms with E-state index in [0.717, 1.165) is 35.6 Å². The van der Waals surface area contributed by atoms with Crippen molar-refractivity contribution in [2.75, 3.05) is 5.32 Å². The van der Waals surface area contributed by atoms with Gasteiger partial charge in [-0.3, -0.25) is 9.48 Å². The topological polar surface area (TPSA) is 46.9 Å². The molecule has 0 unspecified atom stereocenters. The highest BCUT2D eigenvalue weighted by molar-refractivity contribution is 5.92. The Morgan fingerprint density at radius 2 is 1.96 bits per heavy atom. The van der Waals surface area contributed by atoms with Gasteiger partial charge in [0.2, 0.25) is 5.91 Å². The van der Waals surface area contributed by atoms with Crippen LogP contribution in [0.2, 0.25) is 0 Å². The second-order valence-electron chi connectivity index (χ2n) is 6.53. The predicted octanol–water partition coefficient (Wildman–Crippen LogP) is 4.36. The van der Waals surface area contributed by atoms with Crippen molar-refractivity contribution in [2.24, 2.45) is 5.92 Å². The Morgan fingerprint density at radius 3 is 2.56 bits per heavy atom. The maximum Gasteiger partial charge on any atom is 0.416 e. The molecule has 1 aromatic carbocycles. The first-order valence-electron chi connectivity index (χ1n) is 8.08. The number of amides is 1. The van der Waals surface area contributed by atoms with Gasteiger partial charge in [-0.1, -0.05) is 19.9 Å². The first-order chi connectivity index (χ1) is 11.6. The van der Waals surface area contributed by atoms with Gasteiger partial charge >= 0.3 is 6.18 Å². The van der Waals surface area contributed by atoms with Gasteiger partial charge in [-0.15, -0.1) is 0 Å². The maximum absolute atomic E-state index is 12.7. The van der Waals surface area contributed by atoms with Crippen LogP contribution in [0.15, 0.2) is 24.3 Å². The van der Waals surface area contributed by atoms with Crippen molar-refractivity contribution in [1.82, 2.24) is 9.78 Å². The van der Waals surface area contributed by atoms with E-state index in [2.05, 4.69) is 24.3 Å². The largest absolute Gasteiger partial charge is 0.416 e. The molecule has 136 valence electrons. The zero-order valence-corrected chi connectivity index (χ0v) is 14.7. The zero-order valence-electron chi connectivity index (χ0n) is 14.7. The summed E-state index contributed by atoms with van der Waals surface area (Å²) in [5, 5.41) is 6.98. The summed E-state index contributed by atoms with van der Waals surface area (Å²) >= 11 is 0. The molecule has 0 radical (unpaired) electrons. The van der Waals surface area contributed by atoms with E-state index in [9.17, 15) is 18.0 Å². The predicted molar refractivity (Wildman–Crippen MR) is 90.3 cm³/mol. The molecule has 1 N–H and O–H groups in total. The average molecular weight is 353 g/mol. The van der Waals surface area contributed by atoms with Gasteiger partial charge < -0.3 is 5.32 Å². The van der Waals surface area contributed by atoms with E-state index in [0.29, 0.717) is 5.92 Å². The van der Waals surface area contributed by atoms with Crippen LogP contribution >= 0.6 is 0 Å². The minimum absolute atomic E-state index is 0.0754. The fraction of sp³-hybridized carbons (Fsp3) is 0.444. The molecule has 0 aliphatic rings. The minimum atomic E-state index is -4.44. The lowest BCUT2D eigenvalue weighted by molar-refractivity contribution is -0.137. The van der Waals surface area contributed by atoms with Crippen molar-refractivity contribution in [3.8, 4) is 0 Å². The molecule has 0 saturated heterocycles. The lowest BCUT2D eigenvalue weighted by atomic mass is 10.1. The second kappa shape index (κ2) is 7.29. The SMILES string of the molecule is Cc1nn(CC(C)C)c(C)c1CC(=O)Nc1cccc(C(F)(F)F)c1. The van der Waals surface area contributed by atoms with Crippen molar-refractivity contribution in [1.29, 1.82) is 0 Å². The molecule has 0 aliphatic carbocycles. The summed E-state index contributed by atoms with van der Waals surface area (Å²) in [7, 11) is 0. The van der Waals surface area contributed by atoms with E-state index >= 15 is 0 Å². The smallest absolute Gasteiger partial charge is 0.326 e. The van der Waals surface area contributed by atoms with E-state index in [1.165, 1.54) is 12.1 Å². The van der Waals surface area contributed by atoms with Gasteiger partial charge in [-0.25, -0.2) is 0 Å². The molecule has 0 aliphatic heterocycles. The van der Waals surface area contributed by atoms with Crippen molar-refractivity contribution >= 4 is 11.6 Å². The summed E-state index contributed by atoms with van der Waals surface area (Å²) in [6.45, 7) is 8.64. The molecule has 25 heavy (non-hydrogen) atoms. The molecule has 0 spiro atoms. The van der Waals surface area contributed by atoms with Crippen LogP contribution in [-0.4, -0.2) is 15.7 Å². The molecule has 0 atom stereocenters. The van der Waals surface area contributed by atoms with Gasteiger partial charge in [0, 0.05) is 23.5 Å². The molecule has 1 heterocycles. The number of alkyl halides is 3. The van der Waals surface area contributed by atoms with E-state index < -0.39 is 11.7 Å². The van der Waals surface area contributed by atoms with E-state index in [-0.39, 0.29) is 18.0 Å². The summed E-state index contributed by atoms with van der Waals surface area (Å²) in [5.41, 5.74) is 1.82. The second-order valence-corrected chi connectivity index (χ2v) is 6.53. The standard InChI is InChI=1S/C18H22F3N3O/c1-11(2)10-24-13(4)16(12(3)23-24)9-17(25)22-15-7-5-6-14(8-15)18(19,20)21/h5-8,11H,9-10H2,1-4H3,(H,22,25). The van der Waals surface area contributed by atoms with Gasteiger partial charge in [-0.05, 0) is 38.0 Å². The lowest BCUT2D eigenvalue weighted by Gasteiger charge is -2.10. The number of hydrogen-bond acceptors (Lipinski definition) is 2. The number of carbonyl (C=O) groups is 1. The zero-order chi connectivity index (χ0) is 18.8. The Morgan fingerprint density at radius 1 is 1.28 bits per heavy atom. The van der Waals surface area contributed by atoms with Crippen LogP contribution in [0.5, 0.6) is 0 Å². The fourth-order valence-electron chi connectivity index (χ4n) is 2.65. The third kappa shape index (κ3) is 4.84. The monoisotopic (exact) mass is 353 g/mol. The highest BCUT2D eigenvalue weighted by Gasteiger charge is 2.30. The maximum atomic E-state index is 12.7. The molecular formula is C18H22F3N3O. The number of benzene rings is 1.